The number of aromatic nitrogens is 3. The average molecular weight is 447 g/mol. The van der Waals surface area contributed by atoms with Gasteiger partial charge in [-0.2, -0.15) is 4.52 Å². The van der Waals surface area contributed by atoms with Crippen molar-refractivity contribution < 1.29 is 9.21 Å². The van der Waals surface area contributed by atoms with E-state index < -0.39 is 0 Å². The van der Waals surface area contributed by atoms with Crippen LogP contribution in [0.25, 0.3) is 17.2 Å². The number of benzene rings is 1. The van der Waals surface area contributed by atoms with Crippen molar-refractivity contribution in [2.75, 3.05) is 5.73 Å². The predicted molar refractivity (Wildman–Crippen MR) is 105 cm³/mol. The van der Waals surface area contributed by atoms with Crippen molar-refractivity contribution in [3.63, 3.8) is 0 Å². The summed E-state index contributed by atoms with van der Waals surface area (Å²) in [7, 11) is 0. The molecule has 0 aliphatic rings. The lowest BCUT2D eigenvalue weighted by Gasteiger charge is -2.08. The summed E-state index contributed by atoms with van der Waals surface area (Å²) in [5.41, 5.74) is 7.84. The second-order valence-corrected chi connectivity index (χ2v) is 6.98. The summed E-state index contributed by atoms with van der Waals surface area (Å²) in [4.78, 5) is 16.9. The first-order chi connectivity index (χ1) is 13.0. The molecule has 1 aromatic carbocycles. The minimum atomic E-state index is -0.259. The van der Waals surface area contributed by atoms with E-state index in [-0.39, 0.29) is 16.9 Å². The van der Waals surface area contributed by atoms with Crippen LogP contribution in [0.3, 0.4) is 0 Å². The normalized spacial score (nSPS) is 11.0. The minimum absolute atomic E-state index is 0.240. The van der Waals surface area contributed by atoms with Crippen molar-refractivity contribution in [2.45, 2.75) is 6.54 Å². The summed E-state index contributed by atoms with van der Waals surface area (Å²) in [6.45, 7) is 0.383. The Bertz CT molecular complexity index is 1150. The number of nitrogen functional groups attached to an aromatic ring is 1. The Morgan fingerprint density at radius 1 is 1.26 bits per heavy atom. The number of anilines is 1. The summed E-state index contributed by atoms with van der Waals surface area (Å²) >= 11 is 9.26. The van der Waals surface area contributed by atoms with E-state index in [9.17, 15) is 4.79 Å². The first-order valence-corrected chi connectivity index (χ1v) is 9.12. The molecule has 0 saturated heterocycles. The van der Waals surface area contributed by atoms with E-state index in [0.29, 0.717) is 29.3 Å². The monoisotopic (exact) mass is 445 g/mol. The molecule has 0 bridgehead atoms. The molecule has 3 N–H and O–H groups in total. The molecule has 0 radical (unpaired) electrons. The van der Waals surface area contributed by atoms with Crippen molar-refractivity contribution in [1.29, 1.82) is 0 Å². The van der Waals surface area contributed by atoms with Gasteiger partial charge < -0.3 is 15.5 Å². The summed E-state index contributed by atoms with van der Waals surface area (Å²) in [5, 5.41) is 7.40. The highest BCUT2D eigenvalue weighted by atomic mass is 79.9. The van der Waals surface area contributed by atoms with Crippen LogP contribution in [0.1, 0.15) is 15.9 Å². The molecule has 27 heavy (non-hydrogen) atoms. The minimum Gasteiger partial charge on any atom is -0.441 e. The van der Waals surface area contributed by atoms with Gasteiger partial charge in [-0.3, -0.25) is 4.79 Å². The van der Waals surface area contributed by atoms with Crippen LogP contribution in [0.2, 0.25) is 5.22 Å². The third-order valence-electron chi connectivity index (χ3n) is 3.92. The maximum Gasteiger partial charge on any atom is 0.251 e. The first-order valence-electron chi connectivity index (χ1n) is 7.95. The Labute approximate surface area is 167 Å². The zero-order valence-corrected chi connectivity index (χ0v) is 16.2. The van der Waals surface area contributed by atoms with Crippen LogP contribution in [0.5, 0.6) is 0 Å². The molecule has 0 spiro atoms. The zero-order chi connectivity index (χ0) is 19.0. The Morgan fingerprint density at radius 2 is 2.07 bits per heavy atom. The zero-order valence-electron chi connectivity index (χ0n) is 13.8. The van der Waals surface area contributed by atoms with Gasteiger partial charge in [0.1, 0.15) is 5.82 Å². The summed E-state index contributed by atoms with van der Waals surface area (Å²) in [6, 6.07) is 14.1. The number of pyridine rings is 1. The molecule has 136 valence electrons. The maximum atomic E-state index is 12.5. The third kappa shape index (κ3) is 3.54. The van der Waals surface area contributed by atoms with Crippen LogP contribution in [0.15, 0.2) is 57.4 Å². The summed E-state index contributed by atoms with van der Waals surface area (Å²) < 4.78 is 7.69. The molecule has 0 unspecified atom stereocenters. The number of carbonyl (C=O) groups excluding carboxylic acids is 1. The van der Waals surface area contributed by atoms with Gasteiger partial charge in [0.05, 0.1) is 0 Å². The largest absolute Gasteiger partial charge is 0.441 e. The number of nitrogens with one attached hydrogen (secondary N) is 1. The lowest BCUT2D eigenvalue weighted by molar-refractivity contribution is 0.0951. The van der Waals surface area contributed by atoms with Gasteiger partial charge in [0.15, 0.2) is 16.6 Å². The standard InChI is InChI=1S/C18H13BrClN5O2/c19-12-4-2-1-3-10(12)9-22-18(26)11-7-15(21)25-16(8-11)23-17(24-25)13-5-6-14(20)27-13/h1-8H,9,21H2,(H,22,26). The fourth-order valence-corrected chi connectivity index (χ4v) is 3.17. The quantitative estimate of drug-likeness (QED) is 0.495. The van der Waals surface area contributed by atoms with Gasteiger partial charge in [-0.15, -0.1) is 5.10 Å². The van der Waals surface area contributed by atoms with Gasteiger partial charge in [-0.1, -0.05) is 34.1 Å². The molecule has 3 aromatic heterocycles. The van der Waals surface area contributed by atoms with Crippen molar-refractivity contribution in [3.8, 4) is 11.6 Å². The van der Waals surface area contributed by atoms with Crippen LogP contribution >= 0.6 is 27.5 Å². The number of halogens is 2. The molecule has 4 rings (SSSR count). The Hall–Kier alpha value is -2.84. The molecule has 4 aromatic rings. The van der Waals surface area contributed by atoms with Gasteiger partial charge in [0.25, 0.3) is 5.91 Å². The molecule has 0 saturated carbocycles. The van der Waals surface area contributed by atoms with Crippen LogP contribution in [0.4, 0.5) is 5.82 Å². The lowest BCUT2D eigenvalue weighted by atomic mass is 10.2. The van der Waals surface area contributed by atoms with Gasteiger partial charge in [-0.25, -0.2) is 4.98 Å². The first kappa shape index (κ1) is 17.6. The van der Waals surface area contributed by atoms with Crippen LogP contribution < -0.4 is 11.1 Å². The number of amides is 1. The molecule has 0 aliphatic carbocycles. The van der Waals surface area contributed by atoms with Crippen molar-refractivity contribution in [2.24, 2.45) is 0 Å². The molecule has 7 nitrogen and oxygen atoms in total. The van der Waals surface area contributed by atoms with E-state index >= 15 is 0 Å². The molecular weight excluding hydrogens is 434 g/mol. The summed E-state index contributed by atoms with van der Waals surface area (Å²) in [5.74, 6) is 0.780. The van der Waals surface area contributed by atoms with Crippen molar-refractivity contribution in [3.05, 3.63) is 69.3 Å². The highest BCUT2D eigenvalue weighted by molar-refractivity contribution is 9.10. The van der Waals surface area contributed by atoms with E-state index in [2.05, 4.69) is 31.3 Å². The predicted octanol–water partition coefficient (Wildman–Crippen LogP) is 3.92. The highest BCUT2D eigenvalue weighted by Crippen LogP contribution is 2.23. The number of rotatable bonds is 4. The van der Waals surface area contributed by atoms with E-state index in [1.54, 1.807) is 24.3 Å². The van der Waals surface area contributed by atoms with Crippen molar-refractivity contribution in [1.82, 2.24) is 19.9 Å². The third-order valence-corrected chi connectivity index (χ3v) is 4.89. The Balaban J connectivity index is 1.60. The molecule has 0 aliphatic heterocycles. The second-order valence-electron chi connectivity index (χ2n) is 5.75. The van der Waals surface area contributed by atoms with E-state index in [0.717, 1.165) is 10.0 Å². The topological polar surface area (TPSA) is 98.5 Å². The van der Waals surface area contributed by atoms with Crippen molar-refractivity contribution >= 4 is 44.9 Å². The molecule has 1 amide bonds. The lowest BCUT2D eigenvalue weighted by Crippen LogP contribution is -2.23. The number of nitrogens with two attached hydrogens (primary N) is 1. The Morgan fingerprint density at radius 3 is 2.81 bits per heavy atom. The van der Waals surface area contributed by atoms with Crippen LogP contribution in [-0.2, 0) is 6.54 Å². The number of fused-ring (bicyclic) bond motifs is 1. The average Bonchev–Trinajstić information content (AvgIpc) is 3.27. The second kappa shape index (κ2) is 7.05. The smallest absolute Gasteiger partial charge is 0.251 e. The van der Waals surface area contributed by atoms with Gasteiger partial charge in [0.2, 0.25) is 5.82 Å². The fourth-order valence-electron chi connectivity index (χ4n) is 2.60. The van der Waals surface area contributed by atoms with Crippen LogP contribution in [0, 0.1) is 0 Å². The molecule has 3 heterocycles. The van der Waals surface area contributed by atoms with Gasteiger partial charge in [0, 0.05) is 16.6 Å². The SMILES string of the molecule is Nc1cc(C(=O)NCc2ccccc2Br)cc2nc(-c3ccc(Cl)o3)nn12. The number of hydrogen-bond acceptors (Lipinski definition) is 5. The van der Waals surface area contributed by atoms with Gasteiger partial charge >= 0.3 is 0 Å². The number of furan rings is 1. The van der Waals surface area contributed by atoms with Gasteiger partial charge in [-0.05, 0) is 47.5 Å². The number of nitrogens with zero attached hydrogens (tertiary/aromatic N) is 3. The molecule has 9 heteroatoms. The fraction of sp³-hybridized carbons (Fsp3) is 0.0556. The van der Waals surface area contributed by atoms with E-state index in [1.807, 2.05) is 24.3 Å². The maximum absolute atomic E-state index is 12.5. The van der Waals surface area contributed by atoms with E-state index in [1.165, 1.54) is 4.52 Å². The molecular formula is C18H13BrClN5O2. The Kier molecular flexibility index (Phi) is 4.59. The van der Waals surface area contributed by atoms with Crippen LogP contribution in [-0.4, -0.2) is 20.5 Å². The molecule has 0 atom stereocenters. The summed E-state index contributed by atoms with van der Waals surface area (Å²) in [6.07, 6.45) is 0. The highest BCUT2D eigenvalue weighted by Gasteiger charge is 2.15. The number of hydrogen-bond donors (Lipinski definition) is 2. The molecule has 0 fully saturated rings. The number of carbonyl (C=O) groups is 1. The van der Waals surface area contributed by atoms with E-state index in [4.69, 9.17) is 21.8 Å².